The highest BCUT2D eigenvalue weighted by Crippen LogP contribution is 2.42. The molecule has 0 fully saturated rings. The fourth-order valence-corrected chi connectivity index (χ4v) is 4.19. The number of furan rings is 1. The molecule has 0 bridgehead atoms. The Morgan fingerprint density at radius 3 is 2.50 bits per heavy atom. The van der Waals surface area contributed by atoms with Gasteiger partial charge in [-0.25, -0.2) is 14.4 Å². The molecule has 2 heterocycles. The van der Waals surface area contributed by atoms with Crippen molar-refractivity contribution in [3.63, 3.8) is 0 Å². The van der Waals surface area contributed by atoms with Crippen LogP contribution in [-0.2, 0) is 17.5 Å². The standard InChI is InChI=1S/C27H19F3N4O4/c1-16-23(32-2)24(18-9-7-17(14-31)8-10-18)33(15-21-11-12-22(38-21)25(35)37-3)26(36)34(16)20-6-4-5-19(13-20)27(28,29)30/h4-13,24H,15H2,1,3H3. The number of ether oxygens (including phenoxy) is 1. The van der Waals surface area contributed by atoms with E-state index in [0.717, 1.165) is 17.0 Å². The summed E-state index contributed by atoms with van der Waals surface area (Å²) in [6, 6.07) is 13.7. The van der Waals surface area contributed by atoms with Crippen molar-refractivity contribution in [1.82, 2.24) is 4.90 Å². The number of benzene rings is 2. The van der Waals surface area contributed by atoms with E-state index in [4.69, 9.17) is 16.3 Å². The van der Waals surface area contributed by atoms with Crippen molar-refractivity contribution in [3.8, 4) is 6.07 Å². The predicted octanol–water partition coefficient (Wildman–Crippen LogP) is 6.29. The third kappa shape index (κ3) is 4.82. The van der Waals surface area contributed by atoms with Crippen LogP contribution in [0.25, 0.3) is 4.85 Å². The van der Waals surface area contributed by atoms with Crippen LogP contribution in [0.2, 0.25) is 0 Å². The molecule has 2 amide bonds. The van der Waals surface area contributed by atoms with Crippen LogP contribution in [0.3, 0.4) is 0 Å². The van der Waals surface area contributed by atoms with Gasteiger partial charge in [0.05, 0.1) is 43.5 Å². The van der Waals surface area contributed by atoms with Gasteiger partial charge >= 0.3 is 18.2 Å². The Hall–Kier alpha value is -5.03. The second kappa shape index (κ2) is 10.1. The second-order valence-corrected chi connectivity index (χ2v) is 8.27. The first-order valence-electron chi connectivity index (χ1n) is 11.1. The third-order valence-electron chi connectivity index (χ3n) is 6.00. The number of alkyl halides is 3. The van der Waals surface area contributed by atoms with Crippen molar-refractivity contribution in [2.45, 2.75) is 25.7 Å². The molecule has 4 rings (SSSR count). The molecular weight excluding hydrogens is 501 g/mol. The molecule has 0 N–H and O–H groups in total. The van der Waals surface area contributed by atoms with E-state index < -0.39 is 29.8 Å². The smallest absolute Gasteiger partial charge is 0.416 e. The first-order valence-corrected chi connectivity index (χ1v) is 11.1. The molecule has 0 spiro atoms. The van der Waals surface area contributed by atoms with Gasteiger partial charge in [0.25, 0.3) is 0 Å². The Labute approximate surface area is 215 Å². The van der Waals surface area contributed by atoms with Crippen LogP contribution in [0.4, 0.5) is 23.7 Å². The van der Waals surface area contributed by atoms with E-state index in [2.05, 4.69) is 9.58 Å². The number of carbonyl (C=O) groups is 2. The number of nitrogens with zero attached hydrogens (tertiary/aromatic N) is 4. The van der Waals surface area contributed by atoms with Gasteiger partial charge in [0.1, 0.15) is 5.76 Å². The lowest BCUT2D eigenvalue weighted by Crippen LogP contribution is -2.48. The molecular formula is C27H19F3N4O4. The molecule has 1 unspecified atom stereocenters. The highest BCUT2D eigenvalue weighted by molar-refractivity contribution is 5.97. The van der Waals surface area contributed by atoms with E-state index in [9.17, 15) is 22.8 Å². The molecule has 1 aliphatic rings. The maximum absolute atomic E-state index is 13.9. The zero-order valence-corrected chi connectivity index (χ0v) is 20.1. The quantitative estimate of drug-likeness (QED) is 0.291. The van der Waals surface area contributed by atoms with Crippen LogP contribution in [0.5, 0.6) is 0 Å². The lowest BCUT2D eigenvalue weighted by molar-refractivity contribution is -0.137. The van der Waals surface area contributed by atoms with Crippen LogP contribution < -0.4 is 4.90 Å². The Morgan fingerprint density at radius 2 is 1.89 bits per heavy atom. The van der Waals surface area contributed by atoms with Crippen molar-refractivity contribution in [2.24, 2.45) is 0 Å². The number of carbonyl (C=O) groups excluding carboxylic acids is 2. The average Bonchev–Trinajstić information content (AvgIpc) is 3.38. The van der Waals surface area contributed by atoms with Crippen LogP contribution in [0, 0.1) is 17.9 Å². The number of methoxy groups -OCH3 is 1. The van der Waals surface area contributed by atoms with Gasteiger partial charge in [-0.1, -0.05) is 18.2 Å². The molecule has 0 radical (unpaired) electrons. The Balaban J connectivity index is 1.87. The first kappa shape index (κ1) is 26.0. The first-order chi connectivity index (χ1) is 18.1. The molecule has 8 nitrogen and oxygen atoms in total. The van der Waals surface area contributed by atoms with Crippen LogP contribution in [0.15, 0.2) is 76.5 Å². The largest absolute Gasteiger partial charge is 0.463 e. The Bertz CT molecular complexity index is 1510. The van der Waals surface area contributed by atoms with Gasteiger partial charge < -0.3 is 14.1 Å². The average molecular weight is 520 g/mol. The fourth-order valence-electron chi connectivity index (χ4n) is 4.19. The number of amides is 2. The highest BCUT2D eigenvalue weighted by Gasteiger charge is 2.41. The van der Waals surface area contributed by atoms with Crippen LogP contribution in [-0.4, -0.2) is 24.0 Å². The summed E-state index contributed by atoms with van der Waals surface area (Å²) in [5.41, 5.74) is 0.102. The summed E-state index contributed by atoms with van der Waals surface area (Å²) >= 11 is 0. The van der Waals surface area contributed by atoms with Crippen molar-refractivity contribution in [2.75, 3.05) is 12.0 Å². The molecule has 0 saturated heterocycles. The molecule has 2 aromatic carbocycles. The molecule has 1 aliphatic heterocycles. The Morgan fingerprint density at radius 1 is 1.18 bits per heavy atom. The van der Waals surface area contributed by atoms with E-state index in [-0.39, 0.29) is 35.1 Å². The summed E-state index contributed by atoms with van der Waals surface area (Å²) < 4.78 is 50.5. The van der Waals surface area contributed by atoms with Gasteiger partial charge in [0.2, 0.25) is 11.5 Å². The molecule has 38 heavy (non-hydrogen) atoms. The minimum absolute atomic E-state index is 0.0681. The molecule has 0 saturated carbocycles. The summed E-state index contributed by atoms with van der Waals surface area (Å²) in [5, 5.41) is 9.17. The van der Waals surface area contributed by atoms with Crippen molar-refractivity contribution >= 4 is 17.7 Å². The number of rotatable bonds is 5. The minimum Gasteiger partial charge on any atom is -0.463 e. The normalized spacial score (nSPS) is 15.8. The number of esters is 1. The van der Waals surface area contributed by atoms with Crippen molar-refractivity contribution in [3.05, 3.63) is 112 Å². The fraction of sp³-hybridized carbons (Fsp3) is 0.185. The molecule has 1 atom stereocenters. The zero-order chi connectivity index (χ0) is 27.6. The number of urea groups is 1. The summed E-state index contributed by atoms with van der Waals surface area (Å²) in [5.74, 6) is -0.646. The maximum Gasteiger partial charge on any atom is 0.416 e. The van der Waals surface area contributed by atoms with Gasteiger partial charge in [-0.3, -0.25) is 4.90 Å². The summed E-state index contributed by atoms with van der Waals surface area (Å²) in [6.07, 6.45) is -4.64. The number of hydrogen-bond donors (Lipinski definition) is 0. The van der Waals surface area contributed by atoms with Gasteiger partial charge in [-0.15, -0.1) is 0 Å². The zero-order valence-electron chi connectivity index (χ0n) is 20.1. The lowest BCUT2D eigenvalue weighted by atomic mass is 9.97. The van der Waals surface area contributed by atoms with E-state index in [1.54, 1.807) is 12.1 Å². The second-order valence-electron chi connectivity index (χ2n) is 8.27. The van der Waals surface area contributed by atoms with Gasteiger partial charge in [-0.2, -0.15) is 18.4 Å². The maximum atomic E-state index is 13.9. The summed E-state index contributed by atoms with van der Waals surface area (Å²) in [4.78, 5) is 31.7. The van der Waals surface area contributed by atoms with Gasteiger partial charge in [-0.05, 0) is 55.0 Å². The highest BCUT2D eigenvalue weighted by atomic mass is 19.4. The number of nitriles is 1. The number of hydrogen-bond acceptors (Lipinski definition) is 5. The van der Waals surface area contributed by atoms with E-state index in [0.29, 0.717) is 11.1 Å². The van der Waals surface area contributed by atoms with Crippen LogP contribution >= 0.6 is 0 Å². The third-order valence-corrected chi connectivity index (χ3v) is 6.00. The van der Waals surface area contributed by atoms with Crippen molar-refractivity contribution in [1.29, 1.82) is 5.26 Å². The number of halogens is 3. The van der Waals surface area contributed by atoms with Gasteiger partial charge in [0, 0.05) is 11.4 Å². The van der Waals surface area contributed by atoms with E-state index in [1.165, 1.54) is 55.3 Å². The lowest BCUT2D eigenvalue weighted by Gasteiger charge is -2.41. The molecule has 192 valence electrons. The SMILES string of the molecule is [C-]#[N+]C1=C(C)N(c2cccc(C(F)(F)F)c2)C(=O)N(Cc2ccc(C(=O)OC)o2)C1c1ccc(C#N)cc1. The molecule has 3 aromatic rings. The summed E-state index contributed by atoms with van der Waals surface area (Å²) in [6.45, 7) is 9.15. The number of anilines is 1. The minimum atomic E-state index is -4.64. The topological polar surface area (TPSA) is 91.1 Å². The monoisotopic (exact) mass is 520 g/mol. The van der Waals surface area contributed by atoms with Crippen molar-refractivity contribution < 1.29 is 31.9 Å². The molecule has 0 aliphatic carbocycles. The summed E-state index contributed by atoms with van der Waals surface area (Å²) in [7, 11) is 1.18. The number of allylic oxidation sites excluding steroid dienone is 1. The molecule has 11 heteroatoms. The van der Waals surface area contributed by atoms with Gasteiger partial charge in [0.15, 0.2) is 0 Å². The van der Waals surface area contributed by atoms with Crippen LogP contribution in [0.1, 0.15) is 46.0 Å². The Kier molecular flexibility index (Phi) is 6.96. The predicted molar refractivity (Wildman–Crippen MR) is 128 cm³/mol. The van der Waals surface area contributed by atoms with E-state index in [1.807, 2.05) is 6.07 Å². The molecule has 1 aromatic heterocycles. The van der Waals surface area contributed by atoms with E-state index >= 15 is 0 Å².